The molecule has 1 aromatic carbocycles. The van der Waals surface area contributed by atoms with Gasteiger partial charge in [-0.25, -0.2) is 4.79 Å². The fourth-order valence-corrected chi connectivity index (χ4v) is 3.84. The normalized spacial score (nSPS) is 15.5. The van der Waals surface area contributed by atoms with Gasteiger partial charge < -0.3 is 15.4 Å². The molecule has 0 saturated heterocycles. The molecule has 0 bridgehead atoms. The topological polar surface area (TPSA) is 55.6 Å². The molecule has 1 aliphatic heterocycles. The van der Waals surface area contributed by atoms with Crippen LogP contribution in [0.4, 0.5) is 4.79 Å². The first-order chi connectivity index (χ1) is 9.06. The number of nitrogens with two attached hydrogens (primary N) is 1. The Balaban J connectivity index is 2.27. The van der Waals surface area contributed by atoms with Gasteiger partial charge in [0, 0.05) is 33.8 Å². The fraction of sp³-hybridized carbons (Fsp3) is 0.308. The Morgan fingerprint density at radius 3 is 3.00 bits per heavy atom. The number of hydrogen-bond donors (Lipinski definition) is 1. The predicted octanol–water partition coefficient (Wildman–Crippen LogP) is 3.00. The van der Waals surface area contributed by atoms with Crippen LogP contribution in [0.25, 0.3) is 10.1 Å². The zero-order valence-electron chi connectivity index (χ0n) is 10.4. The third kappa shape index (κ3) is 2.18. The number of primary amides is 1. The molecule has 1 aromatic heterocycles. The van der Waals surface area contributed by atoms with E-state index in [2.05, 4.69) is 4.90 Å². The Morgan fingerprint density at radius 1 is 1.47 bits per heavy atom. The molecule has 0 aliphatic carbocycles. The van der Waals surface area contributed by atoms with Crippen LogP contribution in [0.5, 0.6) is 5.06 Å². The highest BCUT2D eigenvalue weighted by Crippen LogP contribution is 2.43. The zero-order chi connectivity index (χ0) is 13.6. The van der Waals surface area contributed by atoms with Crippen molar-refractivity contribution < 1.29 is 9.53 Å². The van der Waals surface area contributed by atoms with Crippen LogP contribution in [-0.4, -0.2) is 24.6 Å². The number of carbonyl (C=O) groups excluding carboxylic acids is 1. The summed E-state index contributed by atoms with van der Waals surface area (Å²) >= 11 is 7.74. The van der Waals surface area contributed by atoms with E-state index in [0.29, 0.717) is 5.06 Å². The molecule has 2 N–H and O–H groups in total. The molecule has 1 amide bonds. The third-order valence-corrected chi connectivity index (χ3v) is 4.76. The largest absolute Gasteiger partial charge is 0.410 e. The molecule has 6 heteroatoms. The quantitative estimate of drug-likeness (QED) is 0.880. The Kier molecular flexibility index (Phi) is 3.12. The lowest BCUT2D eigenvalue weighted by Crippen LogP contribution is -2.20. The monoisotopic (exact) mass is 296 g/mol. The molecule has 1 aliphatic rings. The SMILES string of the molecule is CN1CCc2c(Cl)ccc3sc(OC(N)=O)c(c23)C1. The lowest BCUT2D eigenvalue weighted by atomic mass is 10.1. The second kappa shape index (κ2) is 4.67. The van der Waals surface area contributed by atoms with E-state index in [-0.39, 0.29) is 0 Å². The van der Waals surface area contributed by atoms with Crippen molar-refractivity contribution in [1.29, 1.82) is 0 Å². The van der Waals surface area contributed by atoms with Crippen molar-refractivity contribution in [3.05, 3.63) is 28.3 Å². The molecule has 2 heterocycles. The van der Waals surface area contributed by atoms with Crippen molar-refractivity contribution in [2.24, 2.45) is 5.73 Å². The summed E-state index contributed by atoms with van der Waals surface area (Å²) in [6.45, 7) is 1.66. The molecule has 0 spiro atoms. The third-order valence-electron chi connectivity index (χ3n) is 3.33. The van der Waals surface area contributed by atoms with Gasteiger partial charge in [-0.2, -0.15) is 0 Å². The van der Waals surface area contributed by atoms with E-state index < -0.39 is 6.09 Å². The maximum absolute atomic E-state index is 11.0. The van der Waals surface area contributed by atoms with Gasteiger partial charge in [-0.1, -0.05) is 22.9 Å². The smallest absolute Gasteiger partial charge is 0.399 e. The van der Waals surface area contributed by atoms with Crippen LogP contribution >= 0.6 is 22.9 Å². The van der Waals surface area contributed by atoms with E-state index in [0.717, 1.165) is 45.7 Å². The number of benzene rings is 1. The Morgan fingerprint density at radius 2 is 2.26 bits per heavy atom. The van der Waals surface area contributed by atoms with Crippen LogP contribution in [0.2, 0.25) is 5.02 Å². The van der Waals surface area contributed by atoms with E-state index in [1.165, 1.54) is 11.3 Å². The first-order valence-corrected chi connectivity index (χ1v) is 7.14. The van der Waals surface area contributed by atoms with Gasteiger partial charge in [-0.3, -0.25) is 0 Å². The van der Waals surface area contributed by atoms with Crippen LogP contribution in [0, 0.1) is 0 Å². The number of rotatable bonds is 1. The molecule has 0 radical (unpaired) electrons. The van der Waals surface area contributed by atoms with Gasteiger partial charge in [0.25, 0.3) is 0 Å². The molecule has 0 fully saturated rings. The minimum Gasteiger partial charge on any atom is -0.399 e. The summed E-state index contributed by atoms with van der Waals surface area (Å²) in [4.78, 5) is 13.2. The van der Waals surface area contributed by atoms with Gasteiger partial charge in [0.1, 0.15) is 0 Å². The summed E-state index contributed by atoms with van der Waals surface area (Å²) in [5.41, 5.74) is 7.28. The molecule has 2 aromatic rings. The van der Waals surface area contributed by atoms with Crippen LogP contribution in [0.1, 0.15) is 11.1 Å². The van der Waals surface area contributed by atoms with Gasteiger partial charge in [-0.15, -0.1) is 0 Å². The first-order valence-electron chi connectivity index (χ1n) is 5.95. The van der Waals surface area contributed by atoms with Gasteiger partial charge in [0.2, 0.25) is 0 Å². The van der Waals surface area contributed by atoms with Gasteiger partial charge >= 0.3 is 6.09 Å². The molecule has 3 rings (SSSR count). The lowest BCUT2D eigenvalue weighted by Gasteiger charge is -2.13. The van der Waals surface area contributed by atoms with Gasteiger partial charge in [-0.05, 0) is 31.2 Å². The van der Waals surface area contributed by atoms with Crippen molar-refractivity contribution in [3.8, 4) is 5.06 Å². The number of thiophene rings is 1. The summed E-state index contributed by atoms with van der Waals surface area (Å²) in [7, 11) is 2.04. The lowest BCUT2D eigenvalue weighted by molar-refractivity contribution is 0.211. The molecular formula is C13H13ClN2O2S. The second-order valence-corrected chi connectivity index (χ2v) is 6.10. The number of carbonyl (C=O) groups is 1. The Labute approximate surface area is 119 Å². The van der Waals surface area contributed by atoms with Crippen LogP contribution in [-0.2, 0) is 13.0 Å². The number of likely N-dealkylation sites (N-methyl/N-ethyl adjacent to an activating group) is 1. The molecular weight excluding hydrogens is 284 g/mol. The first kappa shape index (κ1) is 12.7. The number of ether oxygens (including phenoxy) is 1. The van der Waals surface area contributed by atoms with Crippen molar-refractivity contribution in [3.63, 3.8) is 0 Å². The molecule has 100 valence electrons. The number of amides is 1. The number of nitrogens with zero attached hydrogens (tertiary/aromatic N) is 1. The zero-order valence-corrected chi connectivity index (χ0v) is 12.0. The molecule has 4 nitrogen and oxygen atoms in total. The average molecular weight is 297 g/mol. The van der Waals surface area contributed by atoms with E-state index in [1.54, 1.807) is 0 Å². The molecule has 0 unspecified atom stereocenters. The standard InChI is InChI=1S/C13H13ClN2O2S/c1-16-5-4-7-9(14)2-3-10-11(7)8(6-16)12(19-10)18-13(15)17/h2-3H,4-6H2,1H3,(H2,15,17). The highest BCUT2D eigenvalue weighted by Gasteiger charge is 2.23. The van der Waals surface area contributed by atoms with E-state index >= 15 is 0 Å². The summed E-state index contributed by atoms with van der Waals surface area (Å²) in [5, 5.41) is 2.48. The maximum Gasteiger partial charge on any atom is 0.410 e. The number of halogens is 1. The predicted molar refractivity (Wildman–Crippen MR) is 77.1 cm³/mol. The highest BCUT2D eigenvalue weighted by molar-refractivity contribution is 7.21. The van der Waals surface area contributed by atoms with Crippen molar-refractivity contribution >= 4 is 39.1 Å². The Hall–Kier alpha value is -1.30. The van der Waals surface area contributed by atoms with Gasteiger partial charge in [0.05, 0.1) is 0 Å². The van der Waals surface area contributed by atoms with Crippen molar-refractivity contribution in [2.75, 3.05) is 13.6 Å². The molecule has 19 heavy (non-hydrogen) atoms. The second-order valence-electron chi connectivity index (χ2n) is 4.68. The van der Waals surface area contributed by atoms with E-state index in [9.17, 15) is 4.79 Å². The molecule has 0 atom stereocenters. The minimum absolute atomic E-state index is 0.583. The fourth-order valence-electron chi connectivity index (χ4n) is 2.49. The van der Waals surface area contributed by atoms with Crippen LogP contribution in [0.3, 0.4) is 0 Å². The highest BCUT2D eigenvalue weighted by atomic mass is 35.5. The molecule has 0 saturated carbocycles. The summed E-state index contributed by atoms with van der Waals surface area (Å²) in [6, 6.07) is 3.87. The minimum atomic E-state index is -0.776. The van der Waals surface area contributed by atoms with E-state index in [1.807, 2.05) is 19.2 Å². The van der Waals surface area contributed by atoms with E-state index in [4.69, 9.17) is 22.1 Å². The van der Waals surface area contributed by atoms with Gasteiger partial charge in [0.15, 0.2) is 5.06 Å². The van der Waals surface area contributed by atoms with Crippen LogP contribution in [0.15, 0.2) is 12.1 Å². The maximum atomic E-state index is 11.0. The van der Waals surface area contributed by atoms with Crippen LogP contribution < -0.4 is 10.5 Å². The van der Waals surface area contributed by atoms with Crippen molar-refractivity contribution in [1.82, 2.24) is 4.90 Å². The summed E-state index contributed by atoms with van der Waals surface area (Å²) in [5.74, 6) is 0. The number of hydrogen-bond acceptors (Lipinski definition) is 4. The average Bonchev–Trinajstić information content (AvgIpc) is 2.55. The Bertz CT molecular complexity index is 668. The van der Waals surface area contributed by atoms with Crippen molar-refractivity contribution in [2.45, 2.75) is 13.0 Å². The summed E-state index contributed by atoms with van der Waals surface area (Å²) < 4.78 is 6.23. The summed E-state index contributed by atoms with van der Waals surface area (Å²) in [6.07, 6.45) is 0.120.